The molecule has 0 atom stereocenters. The Bertz CT molecular complexity index is 615. The second kappa shape index (κ2) is 7.17. The Balaban J connectivity index is 2.02. The molecule has 0 spiro atoms. The summed E-state index contributed by atoms with van der Waals surface area (Å²) in [5.41, 5.74) is 4.62. The fourth-order valence-electron chi connectivity index (χ4n) is 1.60. The number of ether oxygens (including phenoxy) is 1. The van der Waals surface area contributed by atoms with Gasteiger partial charge in [0.2, 0.25) is 0 Å². The molecule has 2 aromatic carbocycles. The van der Waals surface area contributed by atoms with E-state index in [0.717, 1.165) is 17.0 Å². The van der Waals surface area contributed by atoms with Gasteiger partial charge >= 0.3 is 0 Å². The van der Waals surface area contributed by atoms with Crippen LogP contribution in [0.15, 0.2) is 47.6 Å². The minimum Gasteiger partial charge on any atom is -0.494 e. The van der Waals surface area contributed by atoms with Gasteiger partial charge in [-0.15, -0.1) is 0 Å². The fraction of sp³-hybridized carbons (Fsp3) is 0.133. The minimum atomic E-state index is 0.491. The van der Waals surface area contributed by atoms with E-state index < -0.39 is 0 Å². The van der Waals surface area contributed by atoms with Crippen LogP contribution in [0.25, 0.3) is 0 Å². The van der Waals surface area contributed by atoms with E-state index in [-0.39, 0.29) is 0 Å². The minimum absolute atomic E-state index is 0.491. The molecule has 0 unspecified atom stereocenters. The lowest BCUT2D eigenvalue weighted by molar-refractivity contribution is 0.340. The van der Waals surface area contributed by atoms with Crippen LogP contribution in [0.5, 0.6) is 5.75 Å². The number of hydrogen-bond acceptors (Lipinski definition) is 3. The van der Waals surface area contributed by atoms with Crippen LogP contribution < -0.4 is 10.2 Å². The van der Waals surface area contributed by atoms with Crippen LogP contribution in [0, 0.1) is 0 Å². The van der Waals surface area contributed by atoms with Crippen LogP contribution in [-0.2, 0) is 0 Å². The average molecular weight is 309 g/mol. The highest BCUT2D eigenvalue weighted by molar-refractivity contribution is 6.42. The van der Waals surface area contributed by atoms with Crippen molar-refractivity contribution >= 4 is 35.1 Å². The molecule has 0 fully saturated rings. The molecule has 0 aliphatic rings. The van der Waals surface area contributed by atoms with Crippen LogP contribution in [-0.4, -0.2) is 12.8 Å². The number of nitrogens with zero attached hydrogens (tertiary/aromatic N) is 1. The summed E-state index contributed by atoms with van der Waals surface area (Å²) >= 11 is 11.8. The summed E-state index contributed by atoms with van der Waals surface area (Å²) in [5.74, 6) is 0.825. The van der Waals surface area contributed by atoms with Crippen LogP contribution in [0.2, 0.25) is 10.0 Å². The van der Waals surface area contributed by atoms with Crippen molar-refractivity contribution in [3.05, 3.63) is 58.1 Å². The molecular formula is C15H14Cl2N2O. The number of nitrogens with one attached hydrogen (secondary N) is 1. The lowest BCUT2D eigenvalue weighted by Gasteiger charge is -2.04. The van der Waals surface area contributed by atoms with E-state index in [1.807, 2.05) is 37.3 Å². The molecular weight excluding hydrogens is 295 g/mol. The quantitative estimate of drug-likeness (QED) is 0.633. The van der Waals surface area contributed by atoms with Crippen LogP contribution in [0.3, 0.4) is 0 Å². The first-order valence-corrected chi connectivity index (χ1v) is 6.91. The van der Waals surface area contributed by atoms with Gasteiger partial charge in [0.15, 0.2) is 0 Å². The highest BCUT2D eigenvalue weighted by atomic mass is 35.5. The molecule has 0 saturated heterocycles. The molecule has 2 rings (SSSR count). The van der Waals surface area contributed by atoms with Gasteiger partial charge in [0, 0.05) is 0 Å². The smallest absolute Gasteiger partial charge is 0.119 e. The third-order valence-corrected chi connectivity index (χ3v) is 3.23. The maximum atomic E-state index is 5.92. The van der Waals surface area contributed by atoms with E-state index in [1.165, 1.54) is 0 Å². The Morgan fingerprint density at radius 3 is 2.75 bits per heavy atom. The standard InChI is InChI=1S/C15H14Cl2N2O/c1-2-20-13-5-3-4-11(8-13)10-18-19-12-6-7-14(16)15(17)9-12/h3-10,19H,2H2,1H3. The normalized spacial score (nSPS) is 10.8. The van der Waals surface area contributed by atoms with Crippen LogP contribution >= 0.6 is 23.2 Å². The average Bonchev–Trinajstić information content (AvgIpc) is 2.44. The van der Waals surface area contributed by atoms with Gasteiger partial charge < -0.3 is 4.74 Å². The van der Waals surface area contributed by atoms with E-state index in [4.69, 9.17) is 27.9 Å². The number of anilines is 1. The summed E-state index contributed by atoms with van der Waals surface area (Å²) in [6.07, 6.45) is 1.71. The van der Waals surface area contributed by atoms with Crippen molar-refractivity contribution in [2.24, 2.45) is 5.10 Å². The number of rotatable bonds is 5. The molecule has 0 heterocycles. The molecule has 2 aromatic rings. The molecule has 20 heavy (non-hydrogen) atoms. The van der Waals surface area contributed by atoms with Crippen molar-refractivity contribution in [3.8, 4) is 5.75 Å². The molecule has 0 bridgehead atoms. The zero-order valence-corrected chi connectivity index (χ0v) is 12.4. The van der Waals surface area contributed by atoms with Crippen molar-refractivity contribution in [1.82, 2.24) is 0 Å². The zero-order valence-electron chi connectivity index (χ0n) is 10.9. The highest BCUT2D eigenvalue weighted by Crippen LogP contribution is 2.24. The topological polar surface area (TPSA) is 33.6 Å². The van der Waals surface area contributed by atoms with Gasteiger partial charge in [0.1, 0.15) is 5.75 Å². The molecule has 1 N–H and O–H groups in total. The van der Waals surface area contributed by atoms with Crippen molar-refractivity contribution < 1.29 is 4.74 Å². The lowest BCUT2D eigenvalue weighted by atomic mass is 10.2. The lowest BCUT2D eigenvalue weighted by Crippen LogP contribution is -1.93. The molecule has 0 amide bonds. The Morgan fingerprint density at radius 2 is 2.00 bits per heavy atom. The van der Waals surface area contributed by atoms with Gasteiger partial charge in [-0.1, -0.05) is 35.3 Å². The van der Waals surface area contributed by atoms with Crippen LogP contribution in [0.4, 0.5) is 5.69 Å². The first kappa shape index (κ1) is 14.7. The second-order valence-corrected chi connectivity index (χ2v) is 4.82. The summed E-state index contributed by atoms with van der Waals surface area (Å²) < 4.78 is 5.43. The Kier molecular flexibility index (Phi) is 5.27. The summed E-state index contributed by atoms with van der Waals surface area (Å²) in [6, 6.07) is 12.9. The van der Waals surface area contributed by atoms with Gasteiger partial charge in [-0.25, -0.2) is 0 Å². The zero-order chi connectivity index (χ0) is 14.4. The van der Waals surface area contributed by atoms with Gasteiger partial charge in [-0.3, -0.25) is 5.43 Å². The Labute approximate surface area is 128 Å². The second-order valence-electron chi connectivity index (χ2n) is 4.00. The van der Waals surface area contributed by atoms with Gasteiger partial charge in [0.05, 0.1) is 28.6 Å². The summed E-state index contributed by atoms with van der Waals surface area (Å²) in [5, 5.41) is 5.16. The van der Waals surface area contributed by atoms with Crippen LogP contribution in [0.1, 0.15) is 12.5 Å². The van der Waals surface area contributed by atoms with Gasteiger partial charge in [-0.05, 0) is 42.8 Å². The van der Waals surface area contributed by atoms with Crippen molar-refractivity contribution in [1.29, 1.82) is 0 Å². The van der Waals surface area contributed by atoms with E-state index in [1.54, 1.807) is 18.3 Å². The molecule has 3 nitrogen and oxygen atoms in total. The van der Waals surface area contributed by atoms with Gasteiger partial charge in [-0.2, -0.15) is 5.10 Å². The van der Waals surface area contributed by atoms with Crippen molar-refractivity contribution in [2.45, 2.75) is 6.92 Å². The summed E-state index contributed by atoms with van der Waals surface area (Å²) in [7, 11) is 0. The first-order chi connectivity index (χ1) is 9.69. The molecule has 104 valence electrons. The largest absolute Gasteiger partial charge is 0.494 e. The third kappa shape index (κ3) is 4.15. The molecule has 0 saturated carbocycles. The van der Waals surface area contributed by atoms with E-state index >= 15 is 0 Å². The van der Waals surface area contributed by atoms with Crippen molar-refractivity contribution in [3.63, 3.8) is 0 Å². The monoisotopic (exact) mass is 308 g/mol. The fourth-order valence-corrected chi connectivity index (χ4v) is 1.90. The van der Waals surface area contributed by atoms with E-state index in [9.17, 15) is 0 Å². The van der Waals surface area contributed by atoms with E-state index in [0.29, 0.717) is 16.7 Å². The van der Waals surface area contributed by atoms with E-state index in [2.05, 4.69) is 10.5 Å². The Morgan fingerprint density at radius 1 is 1.15 bits per heavy atom. The number of hydrazone groups is 1. The molecule has 0 aliphatic carbocycles. The number of halogens is 2. The molecule has 0 aliphatic heterocycles. The summed E-state index contributed by atoms with van der Waals surface area (Å²) in [6.45, 7) is 2.59. The first-order valence-electron chi connectivity index (χ1n) is 6.16. The maximum Gasteiger partial charge on any atom is 0.119 e. The third-order valence-electron chi connectivity index (χ3n) is 2.50. The Hall–Kier alpha value is -1.71. The predicted molar refractivity (Wildman–Crippen MR) is 85.3 cm³/mol. The molecule has 0 radical (unpaired) electrons. The van der Waals surface area contributed by atoms with Gasteiger partial charge in [0.25, 0.3) is 0 Å². The molecule has 0 aromatic heterocycles. The number of benzene rings is 2. The predicted octanol–water partition coefficient (Wildman–Crippen LogP) is 4.84. The molecule has 5 heteroatoms. The number of hydrogen-bond donors (Lipinski definition) is 1. The van der Waals surface area contributed by atoms with Crippen molar-refractivity contribution in [2.75, 3.05) is 12.0 Å². The summed E-state index contributed by atoms with van der Waals surface area (Å²) in [4.78, 5) is 0. The maximum absolute atomic E-state index is 5.92. The highest BCUT2D eigenvalue weighted by Gasteiger charge is 1.98. The SMILES string of the molecule is CCOc1cccc(C=NNc2ccc(Cl)c(Cl)c2)c1.